The van der Waals surface area contributed by atoms with Crippen molar-refractivity contribution in [3.8, 4) is 0 Å². The van der Waals surface area contributed by atoms with Gasteiger partial charge in [-0.3, -0.25) is 0 Å². The van der Waals surface area contributed by atoms with Crippen LogP contribution in [0.4, 0.5) is 10.5 Å². The van der Waals surface area contributed by atoms with Crippen molar-refractivity contribution in [3.63, 3.8) is 0 Å². The molecule has 0 atom stereocenters. The van der Waals surface area contributed by atoms with Crippen molar-refractivity contribution < 1.29 is 17.9 Å². The Balaban J connectivity index is 2.06. The number of benzene rings is 1. The molecule has 1 saturated heterocycles. The second-order valence-corrected chi connectivity index (χ2v) is 6.64. The smallest absolute Gasteiger partial charge is 0.319 e. The van der Waals surface area contributed by atoms with Gasteiger partial charge in [-0.15, -0.1) is 0 Å². The molecular weight excluding hydrogens is 318 g/mol. The molecule has 116 valence electrons. The Labute approximate surface area is 127 Å². The minimum Gasteiger partial charge on any atom is -0.381 e. The van der Waals surface area contributed by atoms with Crippen LogP contribution in [0, 0.1) is 0 Å². The summed E-state index contributed by atoms with van der Waals surface area (Å²) in [6.07, 6.45) is 1.47. The standard InChI is InChI=1S/C12H16ClN3O4S/c13-10-2-1-9(21(14,18)19)7-11(10)16-12(17)15-8-3-5-20-6-4-8/h1-2,7-8H,3-6H2,(H2,14,18,19)(H2,15,16,17). The molecule has 0 saturated carbocycles. The number of hydrogen-bond donors (Lipinski definition) is 3. The molecule has 1 aliphatic heterocycles. The van der Waals surface area contributed by atoms with E-state index in [0.717, 1.165) is 12.8 Å². The molecule has 2 amide bonds. The van der Waals surface area contributed by atoms with Crippen LogP contribution in [-0.2, 0) is 14.8 Å². The van der Waals surface area contributed by atoms with Gasteiger partial charge in [0.2, 0.25) is 10.0 Å². The summed E-state index contributed by atoms with van der Waals surface area (Å²) in [5.74, 6) is 0. The number of nitrogens with one attached hydrogen (secondary N) is 2. The van der Waals surface area contributed by atoms with E-state index in [4.69, 9.17) is 21.5 Å². The van der Waals surface area contributed by atoms with Gasteiger partial charge in [0.05, 0.1) is 15.6 Å². The van der Waals surface area contributed by atoms with E-state index in [1.807, 2.05) is 0 Å². The van der Waals surface area contributed by atoms with Crippen molar-refractivity contribution >= 4 is 33.3 Å². The molecule has 1 aliphatic rings. The highest BCUT2D eigenvalue weighted by molar-refractivity contribution is 7.89. The van der Waals surface area contributed by atoms with Crippen molar-refractivity contribution in [1.29, 1.82) is 0 Å². The van der Waals surface area contributed by atoms with Crippen LogP contribution < -0.4 is 15.8 Å². The van der Waals surface area contributed by atoms with Gasteiger partial charge in [0.25, 0.3) is 0 Å². The van der Waals surface area contributed by atoms with E-state index in [-0.39, 0.29) is 21.6 Å². The molecule has 0 aromatic heterocycles. The summed E-state index contributed by atoms with van der Waals surface area (Å²) in [5, 5.41) is 10.6. The van der Waals surface area contributed by atoms with Gasteiger partial charge in [0.1, 0.15) is 0 Å². The fraction of sp³-hybridized carbons (Fsp3) is 0.417. The first-order valence-electron chi connectivity index (χ1n) is 6.34. The average molecular weight is 334 g/mol. The zero-order valence-electron chi connectivity index (χ0n) is 11.1. The fourth-order valence-corrected chi connectivity index (χ4v) is 2.67. The van der Waals surface area contributed by atoms with E-state index < -0.39 is 16.1 Å². The number of amides is 2. The van der Waals surface area contributed by atoms with Crippen LogP contribution >= 0.6 is 11.6 Å². The van der Waals surface area contributed by atoms with Crippen molar-refractivity contribution in [2.24, 2.45) is 5.14 Å². The Morgan fingerprint density at radius 3 is 2.62 bits per heavy atom. The Bertz CT molecular complexity index is 629. The van der Waals surface area contributed by atoms with Crippen LogP contribution in [0.5, 0.6) is 0 Å². The predicted octanol–water partition coefficient (Wildman–Crippen LogP) is 1.29. The number of urea groups is 1. The normalized spacial score (nSPS) is 16.5. The van der Waals surface area contributed by atoms with Crippen LogP contribution in [0.1, 0.15) is 12.8 Å². The molecule has 9 heteroatoms. The molecule has 0 radical (unpaired) electrons. The Kier molecular flexibility index (Phi) is 5.04. The van der Waals surface area contributed by atoms with Gasteiger partial charge < -0.3 is 15.4 Å². The number of rotatable bonds is 3. The lowest BCUT2D eigenvalue weighted by atomic mass is 10.1. The van der Waals surface area contributed by atoms with Crippen LogP contribution in [0.3, 0.4) is 0 Å². The summed E-state index contributed by atoms with van der Waals surface area (Å²) in [7, 11) is -3.85. The minimum atomic E-state index is -3.85. The second kappa shape index (κ2) is 6.61. The highest BCUT2D eigenvalue weighted by Gasteiger charge is 2.17. The van der Waals surface area contributed by atoms with Gasteiger partial charge in [-0.05, 0) is 31.0 Å². The van der Waals surface area contributed by atoms with E-state index >= 15 is 0 Å². The van der Waals surface area contributed by atoms with E-state index in [1.54, 1.807) is 0 Å². The van der Waals surface area contributed by atoms with Gasteiger partial charge >= 0.3 is 6.03 Å². The molecule has 0 spiro atoms. The quantitative estimate of drug-likeness (QED) is 0.773. The van der Waals surface area contributed by atoms with Gasteiger partial charge in [0, 0.05) is 19.3 Å². The van der Waals surface area contributed by atoms with Crippen molar-refractivity contribution in [2.75, 3.05) is 18.5 Å². The van der Waals surface area contributed by atoms with Crippen molar-refractivity contribution in [1.82, 2.24) is 5.32 Å². The van der Waals surface area contributed by atoms with E-state index in [1.165, 1.54) is 18.2 Å². The van der Waals surface area contributed by atoms with E-state index in [2.05, 4.69) is 10.6 Å². The van der Waals surface area contributed by atoms with Crippen LogP contribution in [-0.4, -0.2) is 33.7 Å². The molecular formula is C12H16ClN3O4S. The van der Waals surface area contributed by atoms with E-state index in [0.29, 0.717) is 13.2 Å². The maximum atomic E-state index is 11.9. The number of hydrogen-bond acceptors (Lipinski definition) is 4. The maximum absolute atomic E-state index is 11.9. The lowest BCUT2D eigenvalue weighted by Gasteiger charge is -2.23. The number of nitrogens with two attached hydrogens (primary N) is 1. The fourth-order valence-electron chi connectivity index (χ4n) is 1.96. The summed E-state index contributed by atoms with van der Waals surface area (Å²) in [4.78, 5) is 11.8. The zero-order valence-corrected chi connectivity index (χ0v) is 12.7. The number of anilines is 1. The molecule has 0 aliphatic carbocycles. The van der Waals surface area contributed by atoms with Crippen molar-refractivity contribution in [3.05, 3.63) is 23.2 Å². The third-order valence-corrected chi connectivity index (χ3v) is 4.31. The third kappa shape index (κ3) is 4.57. The number of ether oxygens (including phenoxy) is 1. The Morgan fingerprint density at radius 1 is 1.33 bits per heavy atom. The number of primary sulfonamides is 1. The minimum absolute atomic E-state index is 0.0268. The molecule has 2 rings (SSSR count). The van der Waals surface area contributed by atoms with Gasteiger partial charge in [-0.2, -0.15) is 0 Å². The Hall–Kier alpha value is -1.35. The molecule has 1 fully saturated rings. The highest BCUT2D eigenvalue weighted by Crippen LogP contribution is 2.24. The second-order valence-electron chi connectivity index (χ2n) is 4.67. The van der Waals surface area contributed by atoms with Crippen LogP contribution in [0.15, 0.2) is 23.1 Å². The van der Waals surface area contributed by atoms with Gasteiger partial charge in [-0.25, -0.2) is 18.4 Å². The highest BCUT2D eigenvalue weighted by atomic mass is 35.5. The first-order valence-corrected chi connectivity index (χ1v) is 8.26. The lowest BCUT2D eigenvalue weighted by molar-refractivity contribution is 0.0806. The first kappa shape index (κ1) is 16.0. The predicted molar refractivity (Wildman–Crippen MR) is 78.8 cm³/mol. The molecule has 1 heterocycles. The lowest BCUT2D eigenvalue weighted by Crippen LogP contribution is -2.41. The SMILES string of the molecule is NS(=O)(=O)c1ccc(Cl)c(NC(=O)NC2CCOCC2)c1. The Morgan fingerprint density at radius 2 is 2.00 bits per heavy atom. The molecule has 4 N–H and O–H groups in total. The summed E-state index contributed by atoms with van der Waals surface area (Å²) in [5.41, 5.74) is 0.188. The molecule has 0 unspecified atom stereocenters. The van der Waals surface area contributed by atoms with Gasteiger partial charge in [-0.1, -0.05) is 11.6 Å². The van der Waals surface area contributed by atoms with E-state index in [9.17, 15) is 13.2 Å². The summed E-state index contributed by atoms with van der Waals surface area (Å²) in [6.45, 7) is 1.21. The number of carbonyl (C=O) groups excluding carboxylic acids is 1. The largest absolute Gasteiger partial charge is 0.381 e. The average Bonchev–Trinajstić information content (AvgIpc) is 2.41. The van der Waals surface area contributed by atoms with Gasteiger partial charge in [0.15, 0.2) is 0 Å². The maximum Gasteiger partial charge on any atom is 0.319 e. The number of sulfonamides is 1. The van der Waals surface area contributed by atoms with Crippen LogP contribution in [0.2, 0.25) is 5.02 Å². The molecule has 1 aromatic carbocycles. The third-order valence-electron chi connectivity index (χ3n) is 3.07. The first-order chi connectivity index (χ1) is 9.86. The molecule has 21 heavy (non-hydrogen) atoms. The molecule has 1 aromatic rings. The number of halogens is 1. The van der Waals surface area contributed by atoms with Crippen molar-refractivity contribution in [2.45, 2.75) is 23.8 Å². The number of carbonyl (C=O) groups is 1. The molecule has 7 nitrogen and oxygen atoms in total. The topological polar surface area (TPSA) is 111 Å². The summed E-state index contributed by atoms with van der Waals surface area (Å²) in [6, 6.07) is 3.44. The molecule has 0 bridgehead atoms. The van der Waals surface area contributed by atoms with Crippen LogP contribution in [0.25, 0.3) is 0 Å². The summed E-state index contributed by atoms with van der Waals surface area (Å²) < 4.78 is 27.8. The zero-order chi connectivity index (χ0) is 15.5. The monoisotopic (exact) mass is 333 g/mol. The summed E-state index contributed by atoms with van der Waals surface area (Å²) >= 11 is 5.93.